The number of benzene rings is 1. The van der Waals surface area contributed by atoms with Gasteiger partial charge in [0.1, 0.15) is 0 Å². The molecule has 156 valence electrons. The molecule has 0 saturated heterocycles. The number of nitrogens with one attached hydrogen (secondary N) is 2. The molecule has 0 unspecified atom stereocenters. The molecule has 6 nitrogen and oxygen atoms in total. The molecular formula is C22H29N3O3S. The third-order valence-corrected chi connectivity index (χ3v) is 7.64. The van der Waals surface area contributed by atoms with Crippen molar-refractivity contribution < 1.29 is 13.2 Å². The zero-order chi connectivity index (χ0) is 21.1. The fourth-order valence-electron chi connectivity index (χ4n) is 3.35. The van der Waals surface area contributed by atoms with Crippen LogP contribution < -0.4 is 10.6 Å². The fourth-order valence-corrected chi connectivity index (χ4v) is 4.42. The minimum atomic E-state index is -3.46. The number of hydrogen-bond donors (Lipinski definition) is 2. The minimum absolute atomic E-state index is 0.0761. The van der Waals surface area contributed by atoms with Crippen LogP contribution in [0.4, 0.5) is 11.4 Å². The molecule has 1 aromatic carbocycles. The van der Waals surface area contributed by atoms with Gasteiger partial charge in [0.2, 0.25) is 5.91 Å². The van der Waals surface area contributed by atoms with E-state index in [9.17, 15) is 13.2 Å². The summed E-state index contributed by atoms with van der Waals surface area (Å²) in [6.07, 6.45) is 5.74. The molecule has 0 spiro atoms. The Hall–Kier alpha value is -2.41. The molecule has 0 bridgehead atoms. The quantitative estimate of drug-likeness (QED) is 0.730. The van der Waals surface area contributed by atoms with E-state index in [1.807, 2.05) is 24.3 Å². The van der Waals surface area contributed by atoms with E-state index in [1.165, 1.54) is 12.3 Å². The summed E-state index contributed by atoms with van der Waals surface area (Å²) in [6, 6.07) is 11.0. The predicted octanol–water partition coefficient (Wildman–Crippen LogP) is 4.39. The average Bonchev–Trinajstić information content (AvgIpc) is 3.21. The predicted molar refractivity (Wildman–Crippen MR) is 116 cm³/mol. The van der Waals surface area contributed by atoms with E-state index >= 15 is 0 Å². The first-order valence-corrected chi connectivity index (χ1v) is 11.5. The Morgan fingerprint density at radius 3 is 2.45 bits per heavy atom. The van der Waals surface area contributed by atoms with Gasteiger partial charge in [-0.3, -0.25) is 4.79 Å². The summed E-state index contributed by atoms with van der Waals surface area (Å²) in [5.74, 6) is 0.234. The van der Waals surface area contributed by atoms with Crippen molar-refractivity contribution in [3.63, 3.8) is 0 Å². The second-order valence-corrected chi connectivity index (χ2v) is 11.2. The molecule has 1 aliphatic rings. The molecule has 1 amide bonds. The summed E-state index contributed by atoms with van der Waals surface area (Å²) in [4.78, 5) is 16.4. The maximum Gasteiger partial charge on any atom is 0.227 e. The Labute approximate surface area is 173 Å². The number of carbonyl (C=O) groups is 1. The molecule has 1 fully saturated rings. The Balaban J connectivity index is 1.61. The molecule has 1 aliphatic carbocycles. The number of rotatable bonds is 6. The van der Waals surface area contributed by atoms with Gasteiger partial charge in [0.25, 0.3) is 0 Å². The van der Waals surface area contributed by atoms with Crippen LogP contribution >= 0.6 is 0 Å². The first-order valence-electron chi connectivity index (χ1n) is 10.0. The van der Waals surface area contributed by atoms with Gasteiger partial charge in [-0.25, -0.2) is 13.4 Å². The molecular weight excluding hydrogens is 386 g/mol. The summed E-state index contributed by atoms with van der Waals surface area (Å²) in [5.41, 5.74) is 2.55. The molecule has 1 aromatic heterocycles. The van der Waals surface area contributed by atoms with Gasteiger partial charge in [-0.05, 0) is 63.4 Å². The van der Waals surface area contributed by atoms with E-state index in [0.29, 0.717) is 6.54 Å². The van der Waals surface area contributed by atoms with Gasteiger partial charge in [0, 0.05) is 18.2 Å². The number of aromatic nitrogens is 1. The Morgan fingerprint density at radius 1 is 1.10 bits per heavy atom. The van der Waals surface area contributed by atoms with Crippen LogP contribution in [0.1, 0.15) is 52.0 Å². The lowest BCUT2D eigenvalue weighted by atomic mass is 10.1. The Kier molecular flexibility index (Phi) is 6.27. The number of amides is 1. The van der Waals surface area contributed by atoms with Crippen LogP contribution in [0.15, 0.2) is 47.6 Å². The summed E-state index contributed by atoms with van der Waals surface area (Å²) in [5, 5.41) is 6.33. The van der Waals surface area contributed by atoms with E-state index in [2.05, 4.69) is 15.6 Å². The number of hydrogen-bond acceptors (Lipinski definition) is 5. The highest BCUT2D eigenvalue weighted by atomic mass is 32.2. The van der Waals surface area contributed by atoms with Crippen molar-refractivity contribution in [3.05, 3.63) is 48.2 Å². The van der Waals surface area contributed by atoms with Crippen LogP contribution in [0.2, 0.25) is 0 Å². The number of nitrogens with zero attached hydrogens (tertiary/aromatic N) is 1. The number of anilines is 2. The first-order chi connectivity index (χ1) is 13.7. The highest BCUT2D eigenvalue weighted by molar-refractivity contribution is 7.92. The molecule has 2 aromatic rings. The van der Waals surface area contributed by atoms with Gasteiger partial charge in [0.05, 0.1) is 16.6 Å². The van der Waals surface area contributed by atoms with Crippen molar-refractivity contribution >= 4 is 27.1 Å². The molecule has 29 heavy (non-hydrogen) atoms. The molecule has 7 heteroatoms. The van der Waals surface area contributed by atoms with E-state index < -0.39 is 14.6 Å². The lowest BCUT2D eigenvalue weighted by Crippen LogP contribution is -2.28. The Bertz CT molecular complexity index is 958. The second kappa shape index (κ2) is 8.53. The molecule has 1 heterocycles. The molecule has 0 atom stereocenters. The van der Waals surface area contributed by atoms with Gasteiger partial charge in [-0.2, -0.15) is 0 Å². The monoisotopic (exact) mass is 415 g/mol. The van der Waals surface area contributed by atoms with Crippen LogP contribution in [0.3, 0.4) is 0 Å². The van der Waals surface area contributed by atoms with E-state index in [-0.39, 0.29) is 16.9 Å². The van der Waals surface area contributed by atoms with E-state index in [4.69, 9.17) is 0 Å². The highest BCUT2D eigenvalue weighted by Crippen LogP contribution is 2.26. The van der Waals surface area contributed by atoms with Crippen molar-refractivity contribution in [2.45, 2.75) is 62.8 Å². The fraction of sp³-hybridized carbons (Fsp3) is 0.455. The molecule has 1 saturated carbocycles. The maximum atomic E-state index is 12.4. The van der Waals surface area contributed by atoms with E-state index in [1.54, 1.807) is 26.8 Å². The lowest BCUT2D eigenvalue weighted by molar-refractivity contribution is -0.119. The van der Waals surface area contributed by atoms with Crippen LogP contribution in [0, 0.1) is 5.92 Å². The van der Waals surface area contributed by atoms with Crippen LogP contribution in [-0.4, -0.2) is 24.1 Å². The number of sulfone groups is 1. The van der Waals surface area contributed by atoms with Crippen molar-refractivity contribution in [1.82, 2.24) is 4.98 Å². The third-order valence-electron chi connectivity index (χ3n) is 5.23. The lowest BCUT2D eigenvalue weighted by Gasteiger charge is -2.18. The van der Waals surface area contributed by atoms with Gasteiger partial charge in [-0.15, -0.1) is 0 Å². The van der Waals surface area contributed by atoms with Crippen molar-refractivity contribution in [1.29, 1.82) is 0 Å². The van der Waals surface area contributed by atoms with Crippen LogP contribution in [0.5, 0.6) is 0 Å². The largest absolute Gasteiger partial charge is 0.380 e. The van der Waals surface area contributed by atoms with Crippen LogP contribution in [-0.2, 0) is 21.2 Å². The molecule has 3 rings (SSSR count). The highest BCUT2D eigenvalue weighted by Gasteiger charge is 2.31. The van der Waals surface area contributed by atoms with Crippen molar-refractivity contribution in [2.24, 2.45) is 5.92 Å². The standard InChI is InChI=1S/C22H29N3O3S/c1-22(2,3)29(27,28)20-12-11-19(15-24-20)23-14-16-7-6-10-18(13-16)25-21(26)17-8-4-5-9-17/h6-7,10-13,15,17,23H,4-5,8-9,14H2,1-3H3,(H,25,26). The van der Waals surface area contributed by atoms with Crippen LogP contribution in [0.25, 0.3) is 0 Å². The Morgan fingerprint density at radius 2 is 1.83 bits per heavy atom. The molecule has 0 radical (unpaired) electrons. The third kappa shape index (κ3) is 5.15. The van der Waals surface area contributed by atoms with Gasteiger partial charge < -0.3 is 10.6 Å². The summed E-state index contributed by atoms with van der Waals surface area (Å²) >= 11 is 0. The summed E-state index contributed by atoms with van der Waals surface area (Å²) < 4.78 is 24.0. The smallest absolute Gasteiger partial charge is 0.227 e. The van der Waals surface area contributed by atoms with E-state index in [0.717, 1.165) is 42.6 Å². The SMILES string of the molecule is CC(C)(C)S(=O)(=O)c1ccc(NCc2cccc(NC(=O)C3CCCC3)c2)cn1. The summed E-state index contributed by atoms with van der Waals surface area (Å²) in [7, 11) is -3.46. The second-order valence-electron chi connectivity index (χ2n) is 8.53. The molecule has 2 N–H and O–H groups in total. The maximum absolute atomic E-state index is 12.4. The number of carbonyl (C=O) groups excluding carboxylic acids is 1. The van der Waals surface area contributed by atoms with Gasteiger partial charge in [0.15, 0.2) is 14.9 Å². The summed E-state index contributed by atoms with van der Waals surface area (Å²) in [6.45, 7) is 5.53. The zero-order valence-corrected chi connectivity index (χ0v) is 18.1. The van der Waals surface area contributed by atoms with Crippen molar-refractivity contribution in [2.75, 3.05) is 10.6 Å². The number of pyridine rings is 1. The zero-order valence-electron chi connectivity index (χ0n) is 17.2. The van der Waals surface area contributed by atoms with Crippen molar-refractivity contribution in [3.8, 4) is 0 Å². The van der Waals surface area contributed by atoms with Gasteiger partial charge in [-0.1, -0.05) is 25.0 Å². The normalized spacial score (nSPS) is 15.3. The molecule has 0 aliphatic heterocycles. The topological polar surface area (TPSA) is 88.2 Å². The first kappa shape index (κ1) is 21.3. The van der Waals surface area contributed by atoms with Gasteiger partial charge >= 0.3 is 0 Å². The minimum Gasteiger partial charge on any atom is -0.380 e. The average molecular weight is 416 g/mol.